The Balaban J connectivity index is 1.87. The molecule has 12 heavy (non-hydrogen) atoms. The van der Waals surface area contributed by atoms with E-state index in [1.54, 1.807) is 0 Å². The highest BCUT2D eigenvalue weighted by molar-refractivity contribution is 5.08. The van der Waals surface area contributed by atoms with E-state index in [1.807, 2.05) is 13.0 Å². The highest BCUT2D eigenvalue weighted by Gasteiger charge is 2.39. The molecular formula is C9H14N2O. The van der Waals surface area contributed by atoms with Crippen molar-refractivity contribution < 1.29 is 5.11 Å². The third-order valence-corrected chi connectivity index (χ3v) is 2.43. The summed E-state index contributed by atoms with van der Waals surface area (Å²) >= 11 is 0. The van der Waals surface area contributed by atoms with Crippen LogP contribution in [0.2, 0.25) is 0 Å². The van der Waals surface area contributed by atoms with Gasteiger partial charge in [0, 0.05) is 5.69 Å². The highest BCUT2D eigenvalue weighted by Crippen LogP contribution is 2.38. The van der Waals surface area contributed by atoms with Gasteiger partial charge in [-0.05, 0) is 38.7 Å². The van der Waals surface area contributed by atoms with Gasteiger partial charge >= 0.3 is 0 Å². The van der Waals surface area contributed by atoms with Crippen LogP contribution < -0.4 is 0 Å². The van der Waals surface area contributed by atoms with Crippen LogP contribution >= 0.6 is 0 Å². The Labute approximate surface area is 71.8 Å². The summed E-state index contributed by atoms with van der Waals surface area (Å²) in [4.78, 5) is 0. The molecule has 0 aliphatic heterocycles. The van der Waals surface area contributed by atoms with Crippen LogP contribution in [0.1, 0.15) is 30.7 Å². The third-order valence-electron chi connectivity index (χ3n) is 2.43. The van der Waals surface area contributed by atoms with Crippen LogP contribution in [-0.4, -0.2) is 20.9 Å². The summed E-state index contributed by atoms with van der Waals surface area (Å²) in [7, 11) is 0. The van der Waals surface area contributed by atoms with Gasteiger partial charge in [-0.2, -0.15) is 5.10 Å². The molecule has 3 nitrogen and oxygen atoms in total. The Bertz CT molecular complexity index is 276. The lowest BCUT2D eigenvalue weighted by Gasteiger charge is -2.03. The van der Waals surface area contributed by atoms with E-state index in [1.165, 1.54) is 0 Å². The first-order valence-electron chi connectivity index (χ1n) is 4.41. The SMILES string of the molecule is Cc1cc(CCC2(O)CC2)n[nH]1. The van der Waals surface area contributed by atoms with Gasteiger partial charge < -0.3 is 5.11 Å². The van der Waals surface area contributed by atoms with E-state index in [0.717, 1.165) is 37.1 Å². The van der Waals surface area contributed by atoms with Crippen LogP contribution in [0.5, 0.6) is 0 Å². The lowest BCUT2D eigenvalue weighted by Crippen LogP contribution is -2.07. The fourth-order valence-electron chi connectivity index (χ4n) is 1.36. The van der Waals surface area contributed by atoms with Crippen LogP contribution in [0.3, 0.4) is 0 Å². The number of nitrogens with one attached hydrogen (secondary N) is 1. The maximum absolute atomic E-state index is 9.56. The number of aromatic nitrogens is 2. The summed E-state index contributed by atoms with van der Waals surface area (Å²) < 4.78 is 0. The van der Waals surface area contributed by atoms with Crippen LogP contribution in [0, 0.1) is 6.92 Å². The fourth-order valence-corrected chi connectivity index (χ4v) is 1.36. The number of aromatic amines is 1. The van der Waals surface area contributed by atoms with Crippen molar-refractivity contribution in [2.75, 3.05) is 0 Å². The number of nitrogens with zero attached hydrogens (tertiary/aromatic N) is 1. The van der Waals surface area contributed by atoms with Crippen molar-refractivity contribution in [3.05, 3.63) is 17.5 Å². The second-order valence-corrected chi connectivity index (χ2v) is 3.77. The lowest BCUT2D eigenvalue weighted by molar-refractivity contribution is 0.140. The second-order valence-electron chi connectivity index (χ2n) is 3.77. The van der Waals surface area contributed by atoms with E-state index in [0.29, 0.717) is 0 Å². The molecule has 0 aromatic carbocycles. The molecule has 0 atom stereocenters. The number of rotatable bonds is 3. The quantitative estimate of drug-likeness (QED) is 0.708. The Morgan fingerprint density at radius 1 is 1.67 bits per heavy atom. The van der Waals surface area contributed by atoms with Crippen LogP contribution in [0.15, 0.2) is 6.07 Å². The minimum absolute atomic E-state index is 0.340. The van der Waals surface area contributed by atoms with Gasteiger partial charge in [-0.15, -0.1) is 0 Å². The number of H-pyrrole nitrogens is 1. The van der Waals surface area contributed by atoms with Crippen LogP contribution in [0.4, 0.5) is 0 Å². The fraction of sp³-hybridized carbons (Fsp3) is 0.667. The molecular weight excluding hydrogens is 152 g/mol. The minimum atomic E-state index is -0.340. The van der Waals surface area contributed by atoms with E-state index in [9.17, 15) is 5.11 Å². The van der Waals surface area contributed by atoms with Crippen molar-refractivity contribution in [1.29, 1.82) is 0 Å². The molecule has 1 heterocycles. The maximum atomic E-state index is 9.56. The molecule has 1 aliphatic carbocycles. The summed E-state index contributed by atoms with van der Waals surface area (Å²) in [5, 5.41) is 16.6. The molecule has 0 amide bonds. The van der Waals surface area contributed by atoms with Crippen LogP contribution in [0.25, 0.3) is 0 Å². The number of aryl methyl sites for hydroxylation is 2. The number of hydrogen-bond acceptors (Lipinski definition) is 2. The van der Waals surface area contributed by atoms with E-state index in [2.05, 4.69) is 10.2 Å². The summed E-state index contributed by atoms with van der Waals surface area (Å²) in [6.07, 6.45) is 3.69. The Morgan fingerprint density at radius 2 is 2.42 bits per heavy atom. The molecule has 1 fully saturated rings. The molecule has 0 spiro atoms. The molecule has 0 unspecified atom stereocenters. The van der Waals surface area contributed by atoms with Gasteiger partial charge in [-0.1, -0.05) is 0 Å². The molecule has 66 valence electrons. The zero-order chi connectivity index (χ0) is 8.60. The molecule has 2 rings (SSSR count). The highest BCUT2D eigenvalue weighted by atomic mass is 16.3. The molecule has 1 aromatic rings. The van der Waals surface area contributed by atoms with E-state index in [4.69, 9.17) is 0 Å². The zero-order valence-corrected chi connectivity index (χ0v) is 7.30. The lowest BCUT2D eigenvalue weighted by atomic mass is 10.1. The normalized spacial score (nSPS) is 19.5. The molecule has 2 N–H and O–H groups in total. The number of aliphatic hydroxyl groups is 1. The summed E-state index contributed by atoms with van der Waals surface area (Å²) in [6.45, 7) is 1.99. The third kappa shape index (κ3) is 1.67. The molecule has 1 aromatic heterocycles. The average molecular weight is 166 g/mol. The molecule has 3 heteroatoms. The van der Waals surface area contributed by atoms with E-state index >= 15 is 0 Å². The van der Waals surface area contributed by atoms with Gasteiger partial charge in [0.05, 0.1) is 11.3 Å². The van der Waals surface area contributed by atoms with Gasteiger partial charge in [0.1, 0.15) is 0 Å². The molecule has 1 saturated carbocycles. The van der Waals surface area contributed by atoms with Crippen molar-refractivity contribution in [3.8, 4) is 0 Å². The van der Waals surface area contributed by atoms with Gasteiger partial charge in [-0.25, -0.2) is 0 Å². The summed E-state index contributed by atoms with van der Waals surface area (Å²) in [5.41, 5.74) is 1.81. The van der Waals surface area contributed by atoms with Gasteiger partial charge in [0.15, 0.2) is 0 Å². The van der Waals surface area contributed by atoms with Gasteiger partial charge in [0.2, 0.25) is 0 Å². The van der Waals surface area contributed by atoms with Crippen LogP contribution in [-0.2, 0) is 6.42 Å². The first-order valence-corrected chi connectivity index (χ1v) is 4.41. The monoisotopic (exact) mass is 166 g/mol. The molecule has 0 bridgehead atoms. The smallest absolute Gasteiger partial charge is 0.0653 e. The molecule has 0 radical (unpaired) electrons. The molecule has 0 saturated heterocycles. The van der Waals surface area contributed by atoms with Crippen molar-refractivity contribution in [1.82, 2.24) is 10.2 Å². The van der Waals surface area contributed by atoms with Gasteiger partial charge in [-0.3, -0.25) is 5.10 Å². The average Bonchev–Trinajstić information content (AvgIpc) is 2.60. The van der Waals surface area contributed by atoms with E-state index < -0.39 is 0 Å². The predicted octanol–water partition coefficient (Wildman–Crippen LogP) is 1.18. The topological polar surface area (TPSA) is 48.9 Å². The van der Waals surface area contributed by atoms with Crippen molar-refractivity contribution in [3.63, 3.8) is 0 Å². The standard InChI is InChI=1S/C9H14N2O/c1-7-6-8(11-10-7)2-3-9(12)4-5-9/h6,12H,2-5H2,1H3,(H,10,11). The number of hydrogen-bond donors (Lipinski definition) is 2. The summed E-state index contributed by atoms with van der Waals surface area (Å²) in [6, 6.07) is 2.03. The summed E-state index contributed by atoms with van der Waals surface area (Å²) in [5.74, 6) is 0. The minimum Gasteiger partial charge on any atom is -0.390 e. The Kier molecular flexibility index (Phi) is 1.68. The molecule has 1 aliphatic rings. The second kappa shape index (κ2) is 2.59. The van der Waals surface area contributed by atoms with Crippen molar-refractivity contribution >= 4 is 0 Å². The zero-order valence-electron chi connectivity index (χ0n) is 7.30. The maximum Gasteiger partial charge on any atom is 0.0653 e. The first-order chi connectivity index (χ1) is 5.68. The van der Waals surface area contributed by atoms with Crippen molar-refractivity contribution in [2.45, 2.75) is 38.2 Å². The predicted molar refractivity (Wildman–Crippen MR) is 45.8 cm³/mol. The first kappa shape index (κ1) is 7.80. The van der Waals surface area contributed by atoms with E-state index in [-0.39, 0.29) is 5.60 Å². The van der Waals surface area contributed by atoms with Gasteiger partial charge in [0.25, 0.3) is 0 Å². The largest absolute Gasteiger partial charge is 0.390 e. The van der Waals surface area contributed by atoms with Crippen molar-refractivity contribution in [2.24, 2.45) is 0 Å². The Morgan fingerprint density at radius 3 is 2.92 bits per heavy atom. The Hall–Kier alpha value is -0.830.